The van der Waals surface area contributed by atoms with Gasteiger partial charge in [0.05, 0.1) is 5.92 Å². The lowest BCUT2D eigenvalue weighted by Gasteiger charge is -2.50. The molecule has 4 unspecified atom stereocenters. The maximum atomic E-state index is 13.4. The third-order valence-corrected chi connectivity index (χ3v) is 7.87. The minimum atomic E-state index is -0.293. The van der Waals surface area contributed by atoms with Crippen molar-refractivity contribution in [2.24, 2.45) is 11.0 Å². The third kappa shape index (κ3) is 4.90. The van der Waals surface area contributed by atoms with Crippen molar-refractivity contribution in [1.29, 1.82) is 0 Å². The molecule has 7 nitrogen and oxygen atoms in total. The molecule has 1 aromatic rings. The molecular weight excluding hydrogens is 422 g/mol. The van der Waals surface area contributed by atoms with Gasteiger partial charge in [0, 0.05) is 30.8 Å². The van der Waals surface area contributed by atoms with E-state index in [1.807, 2.05) is 11.8 Å². The Balaban J connectivity index is 1.45. The number of hydrogen-bond donors (Lipinski definition) is 2. The second-order valence-corrected chi connectivity index (χ2v) is 10.1. The molecule has 2 aliphatic heterocycles. The molecule has 1 saturated heterocycles. The Labute approximate surface area is 195 Å². The van der Waals surface area contributed by atoms with Crippen molar-refractivity contribution in [2.75, 3.05) is 6.54 Å². The van der Waals surface area contributed by atoms with Crippen LogP contribution in [0.2, 0.25) is 0 Å². The van der Waals surface area contributed by atoms with Gasteiger partial charge in [0.15, 0.2) is 11.5 Å². The summed E-state index contributed by atoms with van der Waals surface area (Å²) in [5.41, 5.74) is 5.73. The smallest absolute Gasteiger partial charge is 0.230 e. The van der Waals surface area contributed by atoms with Crippen molar-refractivity contribution < 1.29 is 9.59 Å². The summed E-state index contributed by atoms with van der Waals surface area (Å²) in [6.07, 6.45) is 5.07. The summed E-state index contributed by atoms with van der Waals surface area (Å²) in [6, 6.07) is 8.93. The SMILES string of the molecule is CCC(C)NC(=O)CCN1C(=O)C2CCCCC2N2C(SCc3ccc(C)cc3)=NNC12. The summed E-state index contributed by atoms with van der Waals surface area (Å²) in [5.74, 6) is 0.993. The van der Waals surface area contributed by atoms with Gasteiger partial charge < -0.3 is 15.1 Å². The molecule has 2 N–H and O–H groups in total. The number of thioether (sulfide) groups is 1. The first-order valence-corrected chi connectivity index (χ1v) is 12.9. The van der Waals surface area contributed by atoms with E-state index in [0.717, 1.165) is 43.0 Å². The topological polar surface area (TPSA) is 77.0 Å². The highest BCUT2D eigenvalue weighted by atomic mass is 32.2. The Bertz CT molecular complexity index is 858. The van der Waals surface area contributed by atoms with E-state index in [9.17, 15) is 9.59 Å². The van der Waals surface area contributed by atoms with Crippen LogP contribution in [-0.4, -0.2) is 51.7 Å². The Morgan fingerprint density at radius 2 is 2.03 bits per heavy atom. The van der Waals surface area contributed by atoms with E-state index in [-0.39, 0.29) is 36.1 Å². The van der Waals surface area contributed by atoms with Gasteiger partial charge in [-0.3, -0.25) is 15.0 Å². The predicted molar refractivity (Wildman–Crippen MR) is 129 cm³/mol. The Morgan fingerprint density at radius 1 is 1.28 bits per heavy atom. The van der Waals surface area contributed by atoms with Crippen molar-refractivity contribution in [3.8, 4) is 0 Å². The Kier molecular flexibility index (Phi) is 7.28. The van der Waals surface area contributed by atoms with Crippen molar-refractivity contribution in [1.82, 2.24) is 20.5 Å². The van der Waals surface area contributed by atoms with Gasteiger partial charge in [-0.15, -0.1) is 0 Å². The van der Waals surface area contributed by atoms with E-state index in [4.69, 9.17) is 0 Å². The Hall–Kier alpha value is -2.22. The van der Waals surface area contributed by atoms with Gasteiger partial charge in [-0.25, -0.2) is 0 Å². The van der Waals surface area contributed by atoms with E-state index >= 15 is 0 Å². The minimum absolute atomic E-state index is 0.00245. The van der Waals surface area contributed by atoms with Crippen LogP contribution in [0, 0.1) is 12.8 Å². The van der Waals surface area contributed by atoms with Crippen LogP contribution < -0.4 is 10.7 Å². The number of carbonyl (C=O) groups is 2. The monoisotopic (exact) mass is 457 g/mol. The van der Waals surface area contributed by atoms with Gasteiger partial charge >= 0.3 is 0 Å². The summed E-state index contributed by atoms with van der Waals surface area (Å²) in [6.45, 7) is 6.56. The zero-order valence-electron chi connectivity index (χ0n) is 19.3. The fourth-order valence-electron chi connectivity index (χ4n) is 4.79. The molecule has 174 valence electrons. The zero-order valence-corrected chi connectivity index (χ0v) is 20.2. The summed E-state index contributed by atoms with van der Waals surface area (Å²) in [5, 5.41) is 8.60. The lowest BCUT2D eigenvalue weighted by Crippen LogP contribution is -2.67. The quantitative estimate of drug-likeness (QED) is 0.656. The van der Waals surface area contributed by atoms with Crippen LogP contribution in [0.4, 0.5) is 0 Å². The zero-order chi connectivity index (χ0) is 22.7. The number of benzene rings is 1. The molecule has 0 radical (unpaired) electrons. The van der Waals surface area contributed by atoms with E-state index < -0.39 is 0 Å². The molecule has 4 atom stereocenters. The first-order chi connectivity index (χ1) is 15.5. The molecule has 1 aliphatic carbocycles. The van der Waals surface area contributed by atoms with Crippen LogP contribution in [0.1, 0.15) is 63.5 Å². The van der Waals surface area contributed by atoms with E-state index in [1.165, 1.54) is 11.1 Å². The molecule has 8 heteroatoms. The largest absolute Gasteiger partial charge is 0.354 e. The Morgan fingerprint density at radius 3 is 2.78 bits per heavy atom. The van der Waals surface area contributed by atoms with E-state index in [2.05, 4.69) is 58.9 Å². The van der Waals surface area contributed by atoms with Gasteiger partial charge in [0.1, 0.15) is 0 Å². The number of carbonyl (C=O) groups excluding carboxylic acids is 2. The van der Waals surface area contributed by atoms with Gasteiger partial charge in [-0.1, -0.05) is 61.4 Å². The first kappa shape index (κ1) is 23.0. The average molecular weight is 458 g/mol. The number of hydrazone groups is 1. The van der Waals surface area contributed by atoms with Crippen molar-refractivity contribution in [2.45, 2.75) is 83.4 Å². The highest BCUT2D eigenvalue weighted by Crippen LogP contribution is 2.39. The number of nitrogens with zero attached hydrogens (tertiary/aromatic N) is 3. The van der Waals surface area contributed by atoms with Gasteiger partial charge in [-0.2, -0.15) is 5.10 Å². The molecular formula is C24H35N5O2S. The lowest BCUT2D eigenvalue weighted by atomic mass is 9.81. The van der Waals surface area contributed by atoms with Gasteiger partial charge in [0.25, 0.3) is 0 Å². The van der Waals surface area contributed by atoms with Crippen LogP contribution in [0.3, 0.4) is 0 Å². The van der Waals surface area contributed by atoms with Crippen LogP contribution in [0.25, 0.3) is 0 Å². The highest BCUT2D eigenvalue weighted by molar-refractivity contribution is 8.13. The number of amidine groups is 1. The summed E-state index contributed by atoms with van der Waals surface area (Å²) >= 11 is 1.72. The second kappa shape index (κ2) is 10.1. The van der Waals surface area contributed by atoms with Gasteiger partial charge in [0.2, 0.25) is 11.8 Å². The van der Waals surface area contributed by atoms with Crippen molar-refractivity contribution in [3.05, 3.63) is 35.4 Å². The van der Waals surface area contributed by atoms with Gasteiger partial charge in [-0.05, 0) is 38.7 Å². The van der Waals surface area contributed by atoms with Crippen molar-refractivity contribution >= 4 is 28.7 Å². The number of nitrogens with one attached hydrogen (secondary N) is 2. The summed E-state index contributed by atoms with van der Waals surface area (Å²) < 4.78 is 0. The highest BCUT2D eigenvalue weighted by Gasteiger charge is 2.50. The van der Waals surface area contributed by atoms with Crippen LogP contribution in [-0.2, 0) is 15.3 Å². The number of hydrogen-bond acceptors (Lipinski definition) is 6. The number of aryl methyl sites for hydroxylation is 1. The molecule has 0 aromatic heterocycles. The molecule has 2 amide bonds. The fraction of sp³-hybridized carbons (Fsp3) is 0.625. The molecule has 0 spiro atoms. The van der Waals surface area contributed by atoms with Crippen molar-refractivity contribution in [3.63, 3.8) is 0 Å². The molecule has 32 heavy (non-hydrogen) atoms. The van der Waals surface area contributed by atoms with Crippen LogP contribution in [0.5, 0.6) is 0 Å². The molecule has 4 rings (SSSR count). The maximum absolute atomic E-state index is 13.4. The molecule has 2 fully saturated rings. The average Bonchev–Trinajstić information content (AvgIpc) is 3.22. The van der Waals surface area contributed by atoms with E-state index in [0.29, 0.717) is 13.0 Å². The number of rotatable bonds is 7. The molecule has 1 aromatic carbocycles. The van der Waals surface area contributed by atoms with Crippen LogP contribution in [0.15, 0.2) is 29.4 Å². The standard InChI is InChI=1S/C24H35N5O2S/c1-4-17(3)25-21(30)13-14-28-22(31)19-7-5-6-8-20(19)29-23(28)26-27-24(29)32-15-18-11-9-16(2)10-12-18/h9-12,17,19-20,23,26H,4-8,13-15H2,1-3H3,(H,25,30). The minimum Gasteiger partial charge on any atom is -0.354 e. The molecule has 0 bridgehead atoms. The predicted octanol–water partition coefficient (Wildman–Crippen LogP) is 3.39. The maximum Gasteiger partial charge on any atom is 0.230 e. The van der Waals surface area contributed by atoms with Crippen LogP contribution >= 0.6 is 11.8 Å². The number of fused-ring (bicyclic) bond motifs is 3. The normalized spacial score (nSPS) is 25.5. The molecule has 1 saturated carbocycles. The molecule has 3 aliphatic rings. The summed E-state index contributed by atoms with van der Waals surface area (Å²) in [4.78, 5) is 29.9. The van der Waals surface area contributed by atoms with E-state index in [1.54, 1.807) is 11.8 Å². The fourth-order valence-corrected chi connectivity index (χ4v) is 5.78. The summed E-state index contributed by atoms with van der Waals surface area (Å²) in [7, 11) is 0. The third-order valence-electron chi connectivity index (χ3n) is 6.83. The second-order valence-electron chi connectivity index (χ2n) is 9.20. The first-order valence-electron chi connectivity index (χ1n) is 11.9. The number of amides is 2. The molecule has 2 heterocycles. The lowest BCUT2D eigenvalue weighted by molar-refractivity contribution is -0.155.